The van der Waals surface area contributed by atoms with Crippen LogP contribution in [0.25, 0.3) is 0 Å². The fourth-order valence-corrected chi connectivity index (χ4v) is 4.09. The molecule has 0 aromatic heterocycles. The molecular formula is C19H23Cl5N2O3. The van der Waals surface area contributed by atoms with E-state index in [4.69, 9.17) is 62.7 Å². The SMILES string of the molecule is O=C(N[C@@H]1CC(Cl)CCC[C@H]1N(C(=O)CCCl)c1ccccc1)OCC(Cl)(Cl)Cl. The number of carbonyl (C=O) groups excluding carboxylic acids is 2. The van der Waals surface area contributed by atoms with Gasteiger partial charge in [0, 0.05) is 23.4 Å². The van der Waals surface area contributed by atoms with Crippen LogP contribution < -0.4 is 10.2 Å². The van der Waals surface area contributed by atoms with Gasteiger partial charge in [-0.25, -0.2) is 4.79 Å². The Bertz CT molecular complexity index is 672. The highest BCUT2D eigenvalue weighted by molar-refractivity contribution is 6.67. The Hall–Kier alpha value is -0.590. The molecule has 1 fully saturated rings. The molecule has 1 aliphatic carbocycles. The summed E-state index contributed by atoms with van der Waals surface area (Å²) >= 11 is 29.2. The van der Waals surface area contributed by atoms with Crippen LogP contribution in [-0.2, 0) is 9.53 Å². The Balaban J connectivity index is 2.26. The van der Waals surface area contributed by atoms with E-state index in [1.807, 2.05) is 30.3 Å². The topological polar surface area (TPSA) is 58.6 Å². The lowest BCUT2D eigenvalue weighted by atomic mass is 9.99. The van der Waals surface area contributed by atoms with E-state index >= 15 is 0 Å². The van der Waals surface area contributed by atoms with Crippen LogP contribution in [0.4, 0.5) is 10.5 Å². The first-order valence-electron chi connectivity index (χ1n) is 9.28. The molecule has 5 nitrogen and oxygen atoms in total. The van der Waals surface area contributed by atoms with Gasteiger partial charge in [-0.2, -0.15) is 0 Å². The zero-order valence-corrected chi connectivity index (χ0v) is 19.4. The maximum Gasteiger partial charge on any atom is 0.407 e. The van der Waals surface area contributed by atoms with E-state index in [1.54, 1.807) is 4.90 Å². The lowest BCUT2D eigenvalue weighted by Crippen LogP contribution is -2.54. The van der Waals surface area contributed by atoms with E-state index in [0.29, 0.717) is 12.8 Å². The minimum absolute atomic E-state index is 0.120. The van der Waals surface area contributed by atoms with Gasteiger partial charge in [0.2, 0.25) is 9.70 Å². The number of halogens is 5. The van der Waals surface area contributed by atoms with E-state index in [9.17, 15) is 9.59 Å². The summed E-state index contributed by atoms with van der Waals surface area (Å²) in [5, 5.41) is 2.67. The van der Waals surface area contributed by atoms with Gasteiger partial charge in [-0.15, -0.1) is 23.2 Å². The van der Waals surface area contributed by atoms with Crippen molar-refractivity contribution in [2.45, 2.75) is 53.4 Å². The molecule has 0 saturated heterocycles. The molecule has 1 unspecified atom stereocenters. The van der Waals surface area contributed by atoms with Crippen LogP contribution >= 0.6 is 58.0 Å². The van der Waals surface area contributed by atoms with E-state index in [0.717, 1.165) is 18.5 Å². The number of ether oxygens (including phenoxy) is 1. The predicted molar refractivity (Wildman–Crippen MR) is 120 cm³/mol. The second-order valence-electron chi connectivity index (χ2n) is 6.81. The molecule has 10 heteroatoms. The third-order valence-electron chi connectivity index (χ3n) is 4.60. The van der Waals surface area contributed by atoms with Gasteiger partial charge in [-0.1, -0.05) is 53.0 Å². The number of nitrogens with zero attached hydrogens (tertiary/aromatic N) is 1. The number of carbonyl (C=O) groups is 2. The predicted octanol–water partition coefficient (Wildman–Crippen LogP) is 5.66. The number of alkyl halides is 5. The van der Waals surface area contributed by atoms with Crippen molar-refractivity contribution in [3.8, 4) is 0 Å². The summed E-state index contributed by atoms with van der Waals surface area (Å²) in [5.41, 5.74) is 0.738. The number of benzene rings is 1. The number of nitrogens with one attached hydrogen (secondary N) is 1. The third-order valence-corrected chi connectivity index (χ3v) is 5.52. The molecule has 1 N–H and O–H groups in total. The third kappa shape index (κ3) is 8.22. The summed E-state index contributed by atoms with van der Waals surface area (Å²) < 4.78 is 3.31. The fourth-order valence-electron chi connectivity index (χ4n) is 3.42. The van der Waals surface area contributed by atoms with Crippen LogP contribution in [0.15, 0.2) is 30.3 Å². The first-order valence-corrected chi connectivity index (χ1v) is 11.4. The summed E-state index contributed by atoms with van der Waals surface area (Å²) in [6.07, 6.45) is 2.20. The highest BCUT2D eigenvalue weighted by Crippen LogP contribution is 2.30. The normalized spacial score (nSPS) is 22.4. The van der Waals surface area contributed by atoms with Crippen molar-refractivity contribution in [1.29, 1.82) is 0 Å². The highest BCUT2D eigenvalue weighted by atomic mass is 35.6. The van der Waals surface area contributed by atoms with Gasteiger partial charge in [-0.3, -0.25) is 4.79 Å². The molecule has 162 valence electrons. The molecule has 0 aliphatic heterocycles. The summed E-state index contributed by atoms with van der Waals surface area (Å²) in [6, 6.07) is 8.56. The average molecular weight is 505 g/mol. The number of hydrogen-bond acceptors (Lipinski definition) is 3. The Morgan fingerprint density at radius 1 is 1.17 bits per heavy atom. The number of amides is 2. The van der Waals surface area contributed by atoms with Gasteiger partial charge in [0.05, 0.1) is 12.1 Å². The number of hydrogen-bond donors (Lipinski definition) is 1. The van der Waals surface area contributed by atoms with Crippen molar-refractivity contribution in [3.63, 3.8) is 0 Å². The molecule has 2 rings (SSSR count). The second kappa shape index (κ2) is 11.7. The molecule has 0 radical (unpaired) electrons. The lowest BCUT2D eigenvalue weighted by molar-refractivity contribution is -0.118. The lowest BCUT2D eigenvalue weighted by Gasteiger charge is -2.37. The van der Waals surface area contributed by atoms with Crippen LogP contribution in [0.3, 0.4) is 0 Å². The Morgan fingerprint density at radius 3 is 2.48 bits per heavy atom. The van der Waals surface area contributed by atoms with Gasteiger partial charge in [0.25, 0.3) is 0 Å². The van der Waals surface area contributed by atoms with Crippen LogP contribution in [0, 0.1) is 0 Å². The standard InChI is InChI=1S/C19H23Cl5N2O3/c20-10-9-17(27)26(14-6-2-1-3-7-14)16-8-4-5-13(21)11-15(16)25-18(28)29-12-19(22,23)24/h1-3,6-7,13,15-16H,4-5,8-12H2,(H,25,28)/t13?,15-,16-/m1/s1. The van der Waals surface area contributed by atoms with Gasteiger partial charge in [0.15, 0.2) is 0 Å². The molecule has 1 aliphatic rings. The highest BCUT2D eigenvalue weighted by Gasteiger charge is 2.36. The Morgan fingerprint density at radius 2 is 1.86 bits per heavy atom. The zero-order chi connectivity index (χ0) is 21.4. The molecule has 1 aromatic rings. The van der Waals surface area contributed by atoms with Crippen LogP contribution in [0.2, 0.25) is 0 Å². The van der Waals surface area contributed by atoms with Crippen molar-refractivity contribution in [3.05, 3.63) is 30.3 Å². The number of alkyl carbamates (subject to hydrolysis) is 1. The van der Waals surface area contributed by atoms with E-state index < -0.39 is 22.5 Å². The van der Waals surface area contributed by atoms with E-state index in [1.165, 1.54) is 0 Å². The summed E-state index contributed by atoms with van der Waals surface area (Å²) in [5.74, 6) is 0.0850. The monoisotopic (exact) mass is 502 g/mol. The molecule has 0 spiro atoms. The molecule has 3 atom stereocenters. The van der Waals surface area contributed by atoms with Crippen molar-refractivity contribution >= 4 is 75.7 Å². The van der Waals surface area contributed by atoms with Gasteiger partial charge < -0.3 is 15.0 Å². The molecule has 1 saturated carbocycles. The number of rotatable bonds is 6. The molecule has 0 heterocycles. The van der Waals surface area contributed by atoms with Crippen LogP contribution in [-0.4, -0.2) is 45.7 Å². The van der Waals surface area contributed by atoms with Crippen LogP contribution in [0.1, 0.15) is 32.1 Å². The molecule has 29 heavy (non-hydrogen) atoms. The molecule has 0 bridgehead atoms. The van der Waals surface area contributed by atoms with Gasteiger partial charge in [-0.05, 0) is 37.8 Å². The fraction of sp³-hybridized carbons (Fsp3) is 0.579. The number of anilines is 1. The van der Waals surface area contributed by atoms with Crippen molar-refractivity contribution in [2.75, 3.05) is 17.4 Å². The van der Waals surface area contributed by atoms with Gasteiger partial charge in [0.1, 0.15) is 6.61 Å². The van der Waals surface area contributed by atoms with Crippen molar-refractivity contribution in [2.24, 2.45) is 0 Å². The first kappa shape index (κ1) is 24.7. The average Bonchev–Trinajstić information content (AvgIpc) is 2.82. The molecule has 1 aromatic carbocycles. The zero-order valence-electron chi connectivity index (χ0n) is 15.6. The summed E-state index contributed by atoms with van der Waals surface area (Å²) in [6.45, 7) is -0.390. The minimum atomic E-state index is -1.71. The second-order valence-corrected chi connectivity index (χ2v) is 10.3. The molecule has 2 amide bonds. The first-order chi connectivity index (χ1) is 13.7. The largest absolute Gasteiger partial charge is 0.445 e. The van der Waals surface area contributed by atoms with E-state index in [-0.39, 0.29) is 29.6 Å². The minimum Gasteiger partial charge on any atom is -0.445 e. The maximum absolute atomic E-state index is 12.9. The maximum atomic E-state index is 12.9. The Kier molecular flexibility index (Phi) is 9.96. The Labute approximate surface area is 195 Å². The summed E-state index contributed by atoms with van der Waals surface area (Å²) in [4.78, 5) is 26.9. The van der Waals surface area contributed by atoms with Crippen LogP contribution in [0.5, 0.6) is 0 Å². The van der Waals surface area contributed by atoms with Gasteiger partial charge >= 0.3 is 6.09 Å². The van der Waals surface area contributed by atoms with Crippen molar-refractivity contribution < 1.29 is 14.3 Å². The molecular weight excluding hydrogens is 481 g/mol. The van der Waals surface area contributed by atoms with E-state index in [2.05, 4.69) is 5.32 Å². The number of para-hydroxylation sites is 1. The van der Waals surface area contributed by atoms with Crippen molar-refractivity contribution in [1.82, 2.24) is 5.32 Å². The summed E-state index contributed by atoms with van der Waals surface area (Å²) in [7, 11) is 0. The quantitative estimate of drug-likeness (QED) is 0.402. The smallest absolute Gasteiger partial charge is 0.407 e.